The summed E-state index contributed by atoms with van der Waals surface area (Å²) in [5, 5.41) is 2.70. The number of carbonyl (C=O) groups excluding carboxylic acids is 1. The van der Waals surface area contributed by atoms with Crippen LogP contribution in [0, 0.1) is 5.92 Å². The quantitative estimate of drug-likeness (QED) is 0.676. The molecule has 2 unspecified atom stereocenters. The van der Waals surface area contributed by atoms with Crippen molar-refractivity contribution >= 4 is 27.7 Å². The van der Waals surface area contributed by atoms with Gasteiger partial charge < -0.3 is 15.1 Å². The maximum atomic E-state index is 13.4. The van der Waals surface area contributed by atoms with Gasteiger partial charge in [-0.1, -0.05) is 22.9 Å². The summed E-state index contributed by atoms with van der Waals surface area (Å²) >= 11 is 3.51. The Morgan fingerprint density at radius 1 is 1.32 bits per heavy atom. The van der Waals surface area contributed by atoms with Gasteiger partial charge >= 0.3 is 0 Å². The van der Waals surface area contributed by atoms with Gasteiger partial charge in [-0.2, -0.15) is 4.39 Å². The van der Waals surface area contributed by atoms with E-state index in [0.29, 0.717) is 30.2 Å². The summed E-state index contributed by atoms with van der Waals surface area (Å²) in [5.74, 6) is 1.10. The molecule has 1 fully saturated rings. The molecular formula is C18H24BrFN4O. The van der Waals surface area contributed by atoms with Crippen molar-refractivity contribution in [3.05, 3.63) is 33.9 Å². The largest absolute Gasteiger partial charge is 0.356 e. The minimum atomic E-state index is -0.380. The molecule has 0 spiro atoms. The van der Waals surface area contributed by atoms with Crippen LogP contribution < -0.4 is 5.32 Å². The molecule has 7 heteroatoms. The van der Waals surface area contributed by atoms with E-state index in [1.165, 1.54) is 6.08 Å². The van der Waals surface area contributed by atoms with Crippen molar-refractivity contribution in [2.24, 2.45) is 10.9 Å². The van der Waals surface area contributed by atoms with Gasteiger partial charge in [-0.3, -0.25) is 4.79 Å². The maximum absolute atomic E-state index is 13.4. The predicted octanol–water partition coefficient (Wildman–Crippen LogP) is 2.92. The normalized spacial score (nSPS) is 27.5. The summed E-state index contributed by atoms with van der Waals surface area (Å²) in [4.78, 5) is 21.6. The topological polar surface area (TPSA) is 47.9 Å². The second-order valence-corrected chi connectivity index (χ2v) is 7.92. The van der Waals surface area contributed by atoms with Crippen molar-refractivity contribution in [2.45, 2.75) is 33.2 Å². The lowest BCUT2D eigenvalue weighted by Gasteiger charge is -2.39. The number of allylic oxidation sites excluding steroid dienone is 3. The van der Waals surface area contributed by atoms with Gasteiger partial charge in [-0.25, -0.2) is 4.99 Å². The van der Waals surface area contributed by atoms with E-state index in [4.69, 9.17) is 0 Å². The summed E-state index contributed by atoms with van der Waals surface area (Å²) in [6.45, 7) is 8.66. The highest BCUT2D eigenvalue weighted by molar-refractivity contribution is 9.11. The van der Waals surface area contributed by atoms with Crippen molar-refractivity contribution < 1.29 is 9.18 Å². The molecule has 25 heavy (non-hydrogen) atoms. The molecular weight excluding hydrogens is 387 g/mol. The van der Waals surface area contributed by atoms with Gasteiger partial charge in [-0.15, -0.1) is 0 Å². The molecule has 1 amide bonds. The van der Waals surface area contributed by atoms with E-state index in [0.717, 1.165) is 29.8 Å². The Morgan fingerprint density at radius 3 is 2.60 bits per heavy atom. The van der Waals surface area contributed by atoms with Crippen LogP contribution in [0.1, 0.15) is 27.2 Å². The fourth-order valence-electron chi connectivity index (χ4n) is 3.69. The second-order valence-electron chi connectivity index (χ2n) is 6.90. The van der Waals surface area contributed by atoms with Gasteiger partial charge in [0.25, 0.3) is 5.91 Å². The van der Waals surface area contributed by atoms with E-state index in [1.807, 2.05) is 18.0 Å². The predicted molar refractivity (Wildman–Crippen MR) is 101 cm³/mol. The molecule has 3 rings (SSSR count). The van der Waals surface area contributed by atoms with Crippen LogP contribution in [0.3, 0.4) is 0 Å². The minimum absolute atomic E-state index is 0.00201. The van der Waals surface area contributed by atoms with Crippen LogP contribution >= 0.6 is 15.9 Å². The molecule has 3 aliphatic heterocycles. The number of rotatable bonds is 1. The smallest absolute Gasteiger partial charge is 0.252 e. The van der Waals surface area contributed by atoms with E-state index in [9.17, 15) is 9.18 Å². The number of nitrogens with zero attached hydrogens (tertiary/aromatic N) is 3. The second kappa shape index (κ2) is 7.32. The summed E-state index contributed by atoms with van der Waals surface area (Å²) < 4.78 is 14.6. The molecule has 136 valence electrons. The molecule has 0 aromatic rings. The molecule has 3 heterocycles. The van der Waals surface area contributed by atoms with Crippen molar-refractivity contribution in [3.8, 4) is 0 Å². The molecule has 0 aliphatic carbocycles. The first-order chi connectivity index (χ1) is 11.9. The van der Waals surface area contributed by atoms with Gasteiger partial charge in [0.2, 0.25) is 0 Å². The van der Waals surface area contributed by atoms with E-state index in [2.05, 4.69) is 38.1 Å². The lowest BCUT2D eigenvalue weighted by atomic mass is 9.98. The molecule has 2 atom stereocenters. The van der Waals surface area contributed by atoms with Crippen molar-refractivity contribution in [1.29, 1.82) is 0 Å². The summed E-state index contributed by atoms with van der Waals surface area (Å²) in [5.41, 5.74) is 1.36. The lowest BCUT2D eigenvalue weighted by Crippen LogP contribution is -2.53. The van der Waals surface area contributed by atoms with Crippen molar-refractivity contribution in [2.75, 3.05) is 26.2 Å². The molecule has 0 bridgehead atoms. The number of piperazine rings is 1. The molecule has 3 aliphatic rings. The van der Waals surface area contributed by atoms with E-state index < -0.39 is 0 Å². The van der Waals surface area contributed by atoms with Crippen LogP contribution in [-0.2, 0) is 4.79 Å². The third-order valence-corrected chi connectivity index (χ3v) is 5.48. The molecule has 1 saturated heterocycles. The third-order valence-electron chi connectivity index (χ3n) is 4.96. The highest BCUT2D eigenvalue weighted by Crippen LogP contribution is 2.26. The van der Waals surface area contributed by atoms with Gasteiger partial charge in [0.15, 0.2) is 5.95 Å². The first kappa shape index (κ1) is 18.2. The van der Waals surface area contributed by atoms with E-state index in [1.54, 1.807) is 6.92 Å². The molecule has 0 radical (unpaired) electrons. The van der Waals surface area contributed by atoms with E-state index >= 15 is 0 Å². The molecule has 0 aromatic carbocycles. The molecule has 0 saturated carbocycles. The standard InChI is InChI=1S/C18H24BrFN4O/c1-11-9-15(20)22-13(3)16(11)18(25)24-6-4-23(5-7-24)17-12(2)8-14(19)10-21-17/h9-10,12-13,22H,4-8H2,1-3H3. The molecule has 0 aromatic heterocycles. The van der Waals surface area contributed by atoms with Crippen LogP contribution in [0.4, 0.5) is 4.39 Å². The highest BCUT2D eigenvalue weighted by atomic mass is 79.9. The Balaban J connectivity index is 1.67. The molecule has 5 nitrogen and oxygen atoms in total. The zero-order valence-electron chi connectivity index (χ0n) is 14.9. The number of amides is 1. The monoisotopic (exact) mass is 410 g/mol. The van der Waals surface area contributed by atoms with Gasteiger partial charge in [0, 0.05) is 48.4 Å². The average molecular weight is 411 g/mol. The maximum Gasteiger partial charge on any atom is 0.252 e. The fraction of sp³-hybridized carbons (Fsp3) is 0.556. The van der Waals surface area contributed by atoms with Crippen LogP contribution in [0.5, 0.6) is 0 Å². The van der Waals surface area contributed by atoms with E-state index in [-0.39, 0.29) is 17.9 Å². The van der Waals surface area contributed by atoms with Gasteiger partial charge in [0.05, 0.1) is 6.04 Å². The highest BCUT2D eigenvalue weighted by Gasteiger charge is 2.31. The Morgan fingerprint density at radius 2 is 2.00 bits per heavy atom. The third kappa shape index (κ3) is 3.81. The Bertz CT molecular complexity index is 689. The summed E-state index contributed by atoms with van der Waals surface area (Å²) in [7, 11) is 0. The Kier molecular flexibility index (Phi) is 5.32. The molecule has 1 N–H and O–H groups in total. The number of hydrogen-bond acceptors (Lipinski definition) is 4. The number of halogens is 2. The zero-order valence-corrected chi connectivity index (χ0v) is 16.4. The number of hydrogen-bond donors (Lipinski definition) is 1. The Hall–Kier alpha value is -1.63. The number of aliphatic imine (C=N–C) groups is 1. The average Bonchev–Trinajstić information content (AvgIpc) is 2.54. The zero-order chi connectivity index (χ0) is 18.1. The number of carbonyl (C=O) groups is 1. The summed E-state index contributed by atoms with van der Waals surface area (Å²) in [6.07, 6.45) is 4.23. The summed E-state index contributed by atoms with van der Waals surface area (Å²) in [6, 6.07) is -0.305. The number of amidine groups is 1. The SMILES string of the molecule is CC1=C(C(=O)N2CCN(C3=NC=C(Br)CC3C)CC2)C(C)NC(F)=C1. The van der Waals surface area contributed by atoms with Crippen LogP contribution in [0.25, 0.3) is 0 Å². The first-order valence-electron chi connectivity index (χ1n) is 8.67. The Labute approximate surface area is 156 Å². The van der Waals surface area contributed by atoms with Crippen LogP contribution in [0.15, 0.2) is 38.8 Å². The lowest BCUT2D eigenvalue weighted by molar-refractivity contribution is -0.128. The van der Waals surface area contributed by atoms with Crippen molar-refractivity contribution in [1.82, 2.24) is 15.1 Å². The van der Waals surface area contributed by atoms with Crippen molar-refractivity contribution in [3.63, 3.8) is 0 Å². The fourth-order valence-corrected chi connectivity index (χ4v) is 4.27. The first-order valence-corrected chi connectivity index (χ1v) is 9.47. The van der Waals surface area contributed by atoms with Crippen LogP contribution in [-0.4, -0.2) is 53.8 Å². The number of dihydropyridines is 1. The van der Waals surface area contributed by atoms with Gasteiger partial charge in [-0.05, 0) is 31.9 Å². The van der Waals surface area contributed by atoms with Gasteiger partial charge in [0.1, 0.15) is 5.84 Å². The van der Waals surface area contributed by atoms with Crippen LogP contribution in [0.2, 0.25) is 0 Å². The number of nitrogens with one attached hydrogen (secondary N) is 1. The minimum Gasteiger partial charge on any atom is -0.356 e.